The number of aromatic nitrogens is 2. The van der Waals surface area contributed by atoms with E-state index in [0.29, 0.717) is 5.57 Å². The first-order valence-electron chi connectivity index (χ1n) is 10.4. The summed E-state index contributed by atoms with van der Waals surface area (Å²) in [4.78, 5) is 12.1. The van der Waals surface area contributed by atoms with Gasteiger partial charge in [0, 0.05) is 24.0 Å². The van der Waals surface area contributed by atoms with Crippen LogP contribution in [0.15, 0.2) is 48.5 Å². The van der Waals surface area contributed by atoms with Crippen molar-refractivity contribution in [3.63, 3.8) is 0 Å². The molecule has 1 aliphatic rings. The van der Waals surface area contributed by atoms with Crippen molar-refractivity contribution in [2.24, 2.45) is 0 Å². The number of hydrogen-bond donors (Lipinski definition) is 0. The zero-order chi connectivity index (χ0) is 20.5. The molecule has 1 aliphatic heterocycles. The standard InChI is InChI=1S/C25H22N4S/c1-17-9-10-18-14-19(24(27-22(18)13-17)29-11-5-2-6-12-29)15-20(16-26)25-28-21-7-3-4-8-23(21)30-25/h3-4,7-10,13-15H,2,5-6,11-12H2,1H3. The fourth-order valence-electron chi connectivity index (χ4n) is 4.03. The number of hydrogen-bond acceptors (Lipinski definition) is 5. The van der Waals surface area contributed by atoms with Gasteiger partial charge in [-0.05, 0) is 62.1 Å². The van der Waals surface area contributed by atoms with Crippen LogP contribution in [0.25, 0.3) is 32.8 Å². The van der Waals surface area contributed by atoms with E-state index in [-0.39, 0.29) is 0 Å². The quantitative estimate of drug-likeness (QED) is 0.377. The van der Waals surface area contributed by atoms with Crippen molar-refractivity contribution in [1.29, 1.82) is 5.26 Å². The Balaban J connectivity index is 1.66. The second kappa shape index (κ2) is 7.89. The molecule has 1 saturated heterocycles. The van der Waals surface area contributed by atoms with Gasteiger partial charge in [-0.15, -0.1) is 11.3 Å². The van der Waals surface area contributed by atoms with Crippen LogP contribution in [-0.4, -0.2) is 23.1 Å². The van der Waals surface area contributed by atoms with E-state index in [1.54, 1.807) is 11.3 Å². The van der Waals surface area contributed by atoms with Gasteiger partial charge in [0.25, 0.3) is 0 Å². The average molecular weight is 411 g/mol. The molecule has 0 bridgehead atoms. The largest absolute Gasteiger partial charge is 0.356 e. The Kier molecular flexibility index (Phi) is 4.94. The van der Waals surface area contributed by atoms with Gasteiger partial charge in [-0.25, -0.2) is 9.97 Å². The van der Waals surface area contributed by atoms with Crippen molar-refractivity contribution in [2.75, 3.05) is 18.0 Å². The summed E-state index contributed by atoms with van der Waals surface area (Å²) in [6.45, 7) is 4.11. The van der Waals surface area contributed by atoms with Crippen LogP contribution < -0.4 is 4.90 Å². The summed E-state index contributed by atoms with van der Waals surface area (Å²) < 4.78 is 1.09. The summed E-state index contributed by atoms with van der Waals surface area (Å²) in [5.41, 5.74) is 4.72. The van der Waals surface area contributed by atoms with Crippen LogP contribution >= 0.6 is 11.3 Å². The molecule has 148 valence electrons. The summed E-state index contributed by atoms with van der Waals surface area (Å²) in [7, 11) is 0. The molecule has 5 rings (SSSR count). The Labute approximate surface area is 180 Å². The molecule has 0 radical (unpaired) electrons. The van der Waals surface area contributed by atoms with Gasteiger partial charge in [0.2, 0.25) is 0 Å². The zero-order valence-corrected chi connectivity index (χ0v) is 17.7. The lowest BCUT2D eigenvalue weighted by Crippen LogP contribution is -2.30. The lowest BCUT2D eigenvalue weighted by molar-refractivity contribution is 0.574. The Hall–Kier alpha value is -3.23. The summed E-state index contributed by atoms with van der Waals surface area (Å²) >= 11 is 1.56. The van der Waals surface area contributed by atoms with Crippen LogP contribution in [0, 0.1) is 18.3 Å². The molecule has 30 heavy (non-hydrogen) atoms. The number of fused-ring (bicyclic) bond motifs is 2. The Bertz CT molecular complexity index is 1270. The van der Waals surface area contributed by atoms with Crippen LogP contribution in [0.3, 0.4) is 0 Å². The molecule has 2 aromatic carbocycles. The number of benzene rings is 2. The van der Waals surface area contributed by atoms with Gasteiger partial charge in [0.15, 0.2) is 0 Å². The zero-order valence-electron chi connectivity index (χ0n) is 16.9. The van der Waals surface area contributed by atoms with Crippen LogP contribution in [0.4, 0.5) is 5.82 Å². The number of piperidine rings is 1. The van der Waals surface area contributed by atoms with Crippen molar-refractivity contribution in [1.82, 2.24) is 9.97 Å². The maximum Gasteiger partial charge on any atom is 0.136 e. The molecule has 0 unspecified atom stereocenters. The number of allylic oxidation sites excluding steroid dienone is 1. The number of para-hydroxylation sites is 1. The number of rotatable bonds is 3. The van der Waals surface area contributed by atoms with E-state index in [0.717, 1.165) is 50.6 Å². The minimum atomic E-state index is 0.586. The predicted octanol–water partition coefficient (Wildman–Crippen LogP) is 6.21. The van der Waals surface area contributed by atoms with Crippen molar-refractivity contribution >= 4 is 49.9 Å². The Morgan fingerprint density at radius 2 is 1.87 bits per heavy atom. The van der Waals surface area contributed by atoms with Gasteiger partial charge in [0.1, 0.15) is 16.9 Å². The van der Waals surface area contributed by atoms with Crippen LogP contribution in [0.2, 0.25) is 0 Å². The lowest BCUT2D eigenvalue weighted by Gasteiger charge is -2.29. The number of nitrogens with zero attached hydrogens (tertiary/aromatic N) is 4. The maximum absolute atomic E-state index is 9.93. The van der Waals surface area contributed by atoms with E-state index in [1.807, 2.05) is 30.3 Å². The van der Waals surface area contributed by atoms with Gasteiger partial charge < -0.3 is 4.90 Å². The van der Waals surface area contributed by atoms with Gasteiger partial charge in [-0.3, -0.25) is 0 Å². The fourth-order valence-corrected chi connectivity index (χ4v) is 4.96. The molecule has 4 aromatic rings. The molecule has 0 spiro atoms. The smallest absolute Gasteiger partial charge is 0.136 e. The molecule has 1 fully saturated rings. The molecule has 4 nitrogen and oxygen atoms in total. The summed E-state index contributed by atoms with van der Waals surface area (Å²) in [6.07, 6.45) is 5.59. The first kappa shape index (κ1) is 18.8. The van der Waals surface area contributed by atoms with Gasteiger partial charge in [-0.1, -0.05) is 24.3 Å². The molecule has 0 saturated carbocycles. The van der Waals surface area contributed by atoms with E-state index in [2.05, 4.69) is 47.1 Å². The van der Waals surface area contributed by atoms with E-state index >= 15 is 0 Å². The Morgan fingerprint density at radius 3 is 2.67 bits per heavy atom. The molecular formula is C25H22N4S. The number of anilines is 1. The van der Waals surface area contributed by atoms with Gasteiger partial charge >= 0.3 is 0 Å². The number of thiazole rings is 1. The molecular weight excluding hydrogens is 388 g/mol. The highest BCUT2D eigenvalue weighted by Gasteiger charge is 2.18. The molecule has 3 heterocycles. The molecule has 0 aliphatic carbocycles. The minimum absolute atomic E-state index is 0.586. The highest BCUT2D eigenvalue weighted by atomic mass is 32.1. The third kappa shape index (κ3) is 3.55. The number of nitriles is 1. The first-order chi connectivity index (χ1) is 14.7. The van der Waals surface area contributed by atoms with Crippen LogP contribution in [0.5, 0.6) is 0 Å². The summed E-state index contributed by atoms with van der Waals surface area (Å²) in [5, 5.41) is 11.8. The molecule has 0 atom stereocenters. The fraction of sp³-hybridized carbons (Fsp3) is 0.240. The van der Waals surface area contributed by atoms with Gasteiger partial charge in [-0.2, -0.15) is 5.26 Å². The van der Waals surface area contributed by atoms with Crippen LogP contribution in [0.1, 0.15) is 35.4 Å². The van der Waals surface area contributed by atoms with E-state index < -0.39 is 0 Å². The minimum Gasteiger partial charge on any atom is -0.356 e. The monoisotopic (exact) mass is 410 g/mol. The summed E-state index contributed by atoms with van der Waals surface area (Å²) in [5.74, 6) is 0.974. The SMILES string of the molecule is Cc1ccc2cc(C=C(C#N)c3nc4ccccc4s3)c(N3CCCCC3)nc2c1. The summed E-state index contributed by atoms with van der Waals surface area (Å²) in [6, 6.07) is 18.9. The van der Waals surface area contributed by atoms with E-state index in [4.69, 9.17) is 4.98 Å². The molecule has 5 heteroatoms. The predicted molar refractivity (Wildman–Crippen MR) is 126 cm³/mol. The van der Waals surface area contributed by atoms with E-state index in [9.17, 15) is 5.26 Å². The first-order valence-corrected chi connectivity index (χ1v) is 11.2. The van der Waals surface area contributed by atoms with Gasteiger partial charge in [0.05, 0.1) is 21.3 Å². The van der Waals surface area contributed by atoms with Crippen molar-refractivity contribution in [3.05, 3.63) is 64.7 Å². The van der Waals surface area contributed by atoms with Crippen LogP contribution in [-0.2, 0) is 0 Å². The second-order valence-electron chi connectivity index (χ2n) is 7.80. The van der Waals surface area contributed by atoms with E-state index in [1.165, 1.54) is 24.8 Å². The van der Waals surface area contributed by atoms with Crippen molar-refractivity contribution in [3.8, 4) is 6.07 Å². The molecule has 0 amide bonds. The lowest BCUT2D eigenvalue weighted by atomic mass is 10.1. The number of pyridine rings is 1. The normalized spacial score (nSPS) is 14.9. The molecule has 0 N–H and O–H groups in total. The molecule has 2 aromatic heterocycles. The third-order valence-electron chi connectivity index (χ3n) is 5.58. The maximum atomic E-state index is 9.93. The highest BCUT2D eigenvalue weighted by molar-refractivity contribution is 7.19. The Morgan fingerprint density at radius 1 is 1.03 bits per heavy atom. The van der Waals surface area contributed by atoms with Crippen molar-refractivity contribution < 1.29 is 0 Å². The topological polar surface area (TPSA) is 52.8 Å². The third-order valence-corrected chi connectivity index (χ3v) is 6.65. The average Bonchev–Trinajstić information content (AvgIpc) is 3.21. The van der Waals surface area contributed by atoms with Crippen molar-refractivity contribution in [2.45, 2.75) is 26.2 Å². The number of aryl methyl sites for hydroxylation is 1. The second-order valence-corrected chi connectivity index (χ2v) is 8.83. The highest BCUT2D eigenvalue weighted by Crippen LogP contribution is 2.32.